The Kier molecular flexibility index (Phi) is 3.29. The smallest absolute Gasteiger partial charge is 0.350 e. The molecule has 0 fully saturated rings. The summed E-state index contributed by atoms with van der Waals surface area (Å²) in [7, 11) is 0. The summed E-state index contributed by atoms with van der Waals surface area (Å²) in [6, 6.07) is 7.49. The molecule has 0 saturated carbocycles. The summed E-state index contributed by atoms with van der Waals surface area (Å²) in [4.78, 5) is 12.3. The quantitative estimate of drug-likeness (QED) is 0.635. The Morgan fingerprint density at radius 3 is 3.00 bits per heavy atom. The molecule has 1 aromatic carbocycles. The van der Waals surface area contributed by atoms with Crippen molar-refractivity contribution < 1.29 is 4.74 Å². The molecule has 0 spiro atoms. The summed E-state index contributed by atoms with van der Waals surface area (Å²) in [6.45, 7) is 0.919. The van der Waals surface area contributed by atoms with Crippen molar-refractivity contribution in [1.29, 1.82) is 0 Å². The Morgan fingerprint density at radius 2 is 2.16 bits per heavy atom. The standard InChI is InChI=1S/C13H14ClN3O2/c14-7-3-4-8-16-13(18)17-10-5-1-2-6-11(10)19-9-12(17)15-16/h1-2,5-6H,3-4,7-9H2. The van der Waals surface area contributed by atoms with Crippen LogP contribution in [0.1, 0.15) is 18.7 Å². The van der Waals surface area contributed by atoms with Crippen molar-refractivity contribution in [2.24, 2.45) is 0 Å². The highest BCUT2D eigenvalue weighted by Crippen LogP contribution is 2.26. The number of rotatable bonds is 4. The van der Waals surface area contributed by atoms with Crippen molar-refractivity contribution in [1.82, 2.24) is 14.3 Å². The van der Waals surface area contributed by atoms with Gasteiger partial charge < -0.3 is 4.74 Å². The number of hydrogen-bond acceptors (Lipinski definition) is 3. The highest BCUT2D eigenvalue weighted by molar-refractivity contribution is 6.17. The van der Waals surface area contributed by atoms with Crippen LogP contribution < -0.4 is 10.4 Å². The van der Waals surface area contributed by atoms with Gasteiger partial charge in [0.2, 0.25) is 0 Å². The SMILES string of the molecule is O=c1n(CCCCCl)nc2n1-c1ccccc1OC2. The minimum absolute atomic E-state index is 0.111. The van der Waals surface area contributed by atoms with Crippen molar-refractivity contribution >= 4 is 11.6 Å². The topological polar surface area (TPSA) is 49.0 Å². The first-order valence-electron chi connectivity index (χ1n) is 6.28. The second kappa shape index (κ2) is 5.09. The third-order valence-electron chi connectivity index (χ3n) is 3.12. The Labute approximate surface area is 115 Å². The number of aryl methyl sites for hydroxylation is 1. The van der Waals surface area contributed by atoms with Crippen LogP contribution >= 0.6 is 11.6 Å². The van der Waals surface area contributed by atoms with Crippen LogP contribution in [0.4, 0.5) is 0 Å². The molecule has 0 atom stereocenters. The third kappa shape index (κ3) is 2.14. The average molecular weight is 280 g/mol. The summed E-state index contributed by atoms with van der Waals surface area (Å²) >= 11 is 5.64. The highest BCUT2D eigenvalue weighted by atomic mass is 35.5. The summed E-state index contributed by atoms with van der Waals surface area (Å²) in [5, 5.41) is 4.32. The van der Waals surface area contributed by atoms with Crippen LogP contribution in [0.25, 0.3) is 5.69 Å². The van der Waals surface area contributed by atoms with E-state index in [0.29, 0.717) is 24.9 Å². The molecule has 0 amide bonds. The summed E-state index contributed by atoms with van der Waals surface area (Å²) < 4.78 is 8.71. The zero-order chi connectivity index (χ0) is 13.2. The van der Waals surface area contributed by atoms with Crippen molar-refractivity contribution in [3.05, 3.63) is 40.6 Å². The lowest BCUT2D eigenvalue weighted by molar-refractivity contribution is 0.278. The number of ether oxygens (including phenoxy) is 1. The van der Waals surface area contributed by atoms with E-state index < -0.39 is 0 Å². The molecule has 5 nitrogen and oxygen atoms in total. The molecule has 2 aromatic rings. The molecule has 2 heterocycles. The first kappa shape index (κ1) is 12.3. The zero-order valence-electron chi connectivity index (χ0n) is 10.4. The average Bonchev–Trinajstić information content (AvgIpc) is 2.76. The number of unbranched alkanes of at least 4 members (excludes halogenated alkanes) is 1. The maximum Gasteiger partial charge on any atom is 0.350 e. The molecule has 0 radical (unpaired) electrons. The van der Waals surface area contributed by atoms with E-state index >= 15 is 0 Å². The number of nitrogens with zero attached hydrogens (tertiary/aromatic N) is 3. The second-order valence-corrected chi connectivity index (χ2v) is 4.79. The van der Waals surface area contributed by atoms with Gasteiger partial charge in [0.25, 0.3) is 0 Å². The van der Waals surface area contributed by atoms with Gasteiger partial charge in [-0.05, 0) is 25.0 Å². The second-order valence-electron chi connectivity index (χ2n) is 4.41. The van der Waals surface area contributed by atoms with Gasteiger partial charge in [-0.2, -0.15) is 5.10 Å². The number of benzene rings is 1. The largest absolute Gasteiger partial charge is 0.483 e. The molecule has 100 valence electrons. The number of hydrogen-bond donors (Lipinski definition) is 0. The Bertz CT molecular complexity index is 648. The Morgan fingerprint density at radius 1 is 1.32 bits per heavy atom. The minimum atomic E-state index is -0.111. The van der Waals surface area contributed by atoms with Crippen LogP contribution in [0.2, 0.25) is 0 Å². The van der Waals surface area contributed by atoms with Gasteiger partial charge in [0.1, 0.15) is 12.4 Å². The number of halogens is 1. The predicted octanol–water partition coefficient (Wildman–Crippen LogP) is 1.95. The van der Waals surface area contributed by atoms with E-state index in [9.17, 15) is 4.79 Å². The molecule has 3 rings (SSSR count). The molecule has 0 aliphatic carbocycles. The predicted molar refractivity (Wildman–Crippen MR) is 72.1 cm³/mol. The van der Waals surface area contributed by atoms with Crippen LogP contribution in [0.5, 0.6) is 5.75 Å². The zero-order valence-corrected chi connectivity index (χ0v) is 11.1. The molecule has 1 aromatic heterocycles. The minimum Gasteiger partial charge on any atom is -0.483 e. The molecular formula is C13H14ClN3O2. The molecule has 0 unspecified atom stereocenters. The van der Waals surface area contributed by atoms with Gasteiger partial charge in [-0.3, -0.25) is 0 Å². The fourth-order valence-corrected chi connectivity index (χ4v) is 2.39. The van der Waals surface area contributed by atoms with Gasteiger partial charge in [-0.15, -0.1) is 11.6 Å². The van der Waals surface area contributed by atoms with E-state index in [1.54, 1.807) is 4.57 Å². The van der Waals surface area contributed by atoms with Crippen molar-refractivity contribution in [3.63, 3.8) is 0 Å². The van der Waals surface area contributed by atoms with Crippen molar-refractivity contribution in [3.8, 4) is 11.4 Å². The van der Waals surface area contributed by atoms with Crippen LogP contribution in [0.15, 0.2) is 29.1 Å². The molecule has 0 saturated heterocycles. The number of alkyl halides is 1. The van der Waals surface area contributed by atoms with Gasteiger partial charge in [0.15, 0.2) is 5.82 Å². The first-order valence-corrected chi connectivity index (χ1v) is 6.81. The van der Waals surface area contributed by atoms with E-state index in [1.165, 1.54) is 4.68 Å². The normalized spacial score (nSPS) is 12.7. The van der Waals surface area contributed by atoms with Gasteiger partial charge in [-0.25, -0.2) is 14.0 Å². The fraction of sp³-hybridized carbons (Fsp3) is 0.385. The monoisotopic (exact) mass is 279 g/mol. The maximum absolute atomic E-state index is 12.3. The van der Waals surface area contributed by atoms with Crippen molar-refractivity contribution in [2.75, 3.05) is 5.88 Å². The van der Waals surface area contributed by atoms with Crippen molar-refractivity contribution in [2.45, 2.75) is 26.0 Å². The number of aromatic nitrogens is 3. The van der Waals surface area contributed by atoms with Crippen LogP contribution in [0, 0.1) is 0 Å². The molecule has 19 heavy (non-hydrogen) atoms. The van der Waals surface area contributed by atoms with Gasteiger partial charge >= 0.3 is 5.69 Å². The molecule has 1 aliphatic heterocycles. The summed E-state index contributed by atoms with van der Waals surface area (Å²) in [6.07, 6.45) is 1.73. The number of fused-ring (bicyclic) bond motifs is 3. The van der Waals surface area contributed by atoms with Gasteiger partial charge in [0, 0.05) is 12.4 Å². The molecule has 1 aliphatic rings. The number of para-hydroxylation sites is 2. The lowest BCUT2D eigenvalue weighted by Crippen LogP contribution is -2.26. The van der Waals surface area contributed by atoms with Crippen LogP contribution in [-0.2, 0) is 13.2 Å². The molecule has 6 heteroatoms. The highest BCUT2D eigenvalue weighted by Gasteiger charge is 2.22. The summed E-state index contributed by atoms with van der Waals surface area (Å²) in [5.74, 6) is 1.97. The molecule has 0 N–H and O–H groups in total. The molecular weight excluding hydrogens is 266 g/mol. The van der Waals surface area contributed by atoms with E-state index in [0.717, 1.165) is 24.3 Å². The molecule has 0 bridgehead atoms. The lowest BCUT2D eigenvalue weighted by Gasteiger charge is -2.16. The first-order chi connectivity index (χ1) is 9.31. The maximum atomic E-state index is 12.3. The van der Waals surface area contributed by atoms with Gasteiger partial charge in [0.05, 0.1) is 5.69 Å². The Hall–Kier alpha value is -1.75. The Balaban J connectivity index is 1.99. The van der Waals surface area contributed by atoms with Crippen LogP contribution in [0.3, 0.4) is 0 Å². The lowest BCUT2D eigenvalue weighted by atomic mass is 10.2. The van der Waals surface area contributed by atoms with E-state index in [2.05, 4.69) is 5.10 Å². The van der Waals surface area contributed by atoms with Gasteiger partial charge in [-0.1, -0.05) is 12.1 Å². The third-order valence-corrected chi connectivity index (χ3v) is 3.39. The van der Waals surface area contributed by atoms with E-state index in [1.807, 2.05) is 24.3 Å². The fourth-order valence-electron chi connectivity index (χ4n) is 2.20. The van der Waals surface area contributed by atoms with E-state index in [4.69, 9.17) is 16.3 Å². The van der Waals surface area contributed by atoms with E-state index in [-0.39, 0.29) is 5.69 Å². The summed E-state index contributed by atoms with van der Waals surface area (Å²) in [5.41, 5.74) is 0.651. The van der Waals surface area contributed by atoms with Crippen LogP contribution in [-0.4, -0.2) is 20.2 Å².